The molecule has 1 amide bonds. The van der Waals surface area contributed by atoms with Crippen LogP contribution in [0.15, 0.2) is 0 Å². The summed E-state index contributed by atoms with van der Waals surface area (Å²) in [5.41, 5.74) is 6.03. The third-order valence-corrected chi connectivity index (χ3v) is 5.33. The normalized spacial score (nSPS) is 44.2. The maximum atomic E-state index is 12.1. The van der Waals surface area contributed by atoms with Gasteiger partial charge < -0.3 is 11.1 Å². The van der Waals surface area contributed by atoms with Crippen molar-refractivity contribution in [3.63, 3.8) is 0 Å². The summed E-state index contributed by atoms with van der Waals surface area (Å²) in [4.78, 5) is 12.1. The minimum atomic E-state index is 0.315. The maximum absolute atomic E-state index is 12.1. The SMILES string of the molecule is NC1CCCC1CNC(=O)C1CC2CCC1C2. The number of carbonyl (C=O) groups excluding carboxylic acids is 1. The van der Waals surface area contributed by atoms with Crippen LogP contribution in [-0.4, -0.2) is 18.5 Å². The van der Waals surface area contributed by atoms with Crippen LogP contribution in [0.5, 0.6) is 0 Å². The van der Waals surface area contributed by atoms with Crippen LogP contribution in [0.4, 0.5) is 0 Å². The molecule has 3 aliphatic rings. The summed E-state index contributed by atoms with van der Waals surface area (Å²) in [7, 11) is 0. The average molecular weight is 236 g/mol. The molecule has 2 bridgehead atoms. The van der Waals surface area contributed by atoms with Crippen LogP contribution in [-0.2, 0) is 4.79 Å². The Labute approximate surface area is 104 Å². The van der Waals surface area contributed by atoms with Crippen molar-refractivity contribution in [1.29, 1.82) is 0 Å². The van der Waals surface area contributed by atoms with E-state index in [-0.39, 0.29) is 0 Å². The Hall–Kier alpha value is -0.570. The molecule has 3 fully saturated rings. The fourth-order valence-electron chi connectivity index (χ4n) is 4.25. The van der Waals surface area contributed by atoms with Gasteiger partial charge in [-0.3, -0.25) is 4.79 Å². The van der Waals surface area contributed by atoms with Gasteiger partial charge in [0.15, 0.2) is 0 Å². The van der Waals surface area contributed by atoms with Gasteiger partial charge in [-0.25, -0.2) is 0 Å². The van der Waals surface area contributed by atoms with Crippen LogP contribution in [0, 0.1) is 23.7 Å². The number of hydrogen-bond acceptors (Lipinski definition) is 2. The number of nitrogens with two attached hydrogens (primary N) is 1. The average Bonchev–Trinajstić information content (AvgIpc) is 3.01. The third-order valence-electron chi connectivity index (χ3n) is 5.33. The molecule has 0 radical (unpaired) electrons. The van der Waals surface area contributed by atoms with E-state index >= 15 is 0 Å². The summed E-state index contributed by atoms with van der Waals surface area (Å²) >= 11 is 0. The Morgan fingerprint density at radius 1 is 1.18 bits per heavy atom. The molecular formula is C14H24N2O. The van der Waals surface area contributed by atoms with Gasteiger partial charge in [-0.1, -0.05) is 12.8 Å². The van der Waals surface area contributed by atoms with Crippen molar-refractivity contribution in [2.75, 3.05) is 6.54 Å². The first-order chi connectivity index (χ1) is 8.24. The van der Waals surface area contributed by atoms with Crippen LogP contribution in [0.25, 0.3) is 0 Å². The first-order valence-electron chi connectivity index (χ1n) is 7.27. The van der Waals surface area contributed by atoms with Gasteiger partial charge in [-0.2, -0.15) is 0 Å². The topological polar surface area (TPSA) is 55.1 Å². The van der Waals surface area contributed by atoms with Crippen LogP contribution >= 0.6 is 0 Å². The molecule has 0 aliphatic heterocycles. The van der Waals surface area contributed by atoms with Crippen molar-refractivity contribution in [3.05, 3.63) is 0 Å². The van der Waals surface area contributed by atoms with Gasteiger partial charge >= 0.3 is 0 Å². The predicted octanol–water partition coefficient (Wildman–Crippen LogP) is 1.67. The Bertz CT molecular complexity index is 305. The van der Waals surface area contributed by atoms with Crippen LogP contribution in [0.2, 0.25) is 0 Å². The van der Waals surface area contributed by atoms with E-state index in [4.69, 9.17) is 5.73 Å². The number of carbonyl (C=O) groups is 1. The predicted molar refractivity (Wildman–Crippen MR) is 67.3 cm³/mol. The summed E-state index contributed by atoms with van der Waals surface area (Å²) in [6.45, 7) is 0.813. The number of fused-ring (bicyclic) bond motifs is 2. The molecule has 3 rings (SSSR count). The summed E-state index contributed by atoms with van der Waals surface area (Å²) in [5, 5.41) is 3.16. The largest absolute Gasteiger partial charge is 0.356 e. The fraction of sp³-hybridized carbons (Fsp3) is 0.929. The van der Waals surface area contributed by atoms with E-state index in [9.17, 15) is 4.79 Å². The van der Waals surface area contributed by atoms with Crippen LogP contribution in [0.3, 0.4) is 0 Å². The van der Waals surface area contributed by atoms with E-state index in [1.165, 1.54) is 32.1 Å². The molecule has 0 spiro atoms. The summed E-state index contributed by atoms with van der Waals surface area (Å²) in [6, 6.07) is 0.315. The first-order valence-corrected chi connectivity index (χ1v) is 7.27. The lowest BCUT2D eigenvalue weighted by molar-refractivity contribution is -0.126. The lowest BCUT2D eigenvalue weighted by Crippen LogP contribution is -2.40. The molecule has 3 N–H and O–H groups in total. The molecule has 17 heavy (non-hydrogen) atoms. The molecule has 3 saturated carbocycles. The molecule has 0 aromatic heterocycles. The van der Waals surface area contributed by atoms with Gasteiger partial charge in [0.1, 0.15) is 0 Å². The standard InChI is InChI=1S/C14H24N2O/c15-13-3-1-2-11(13)8-16-14(17)12-7-9-4-5-10(12)6-9/h9-13H,1-8,15H2,(H,16,17). The molecular weight excluding hydrogens is 212 g/mol. The number of amides is 1. The lowest BCUT2D eigenvalue weighted by atomic mass is 9.88. The first kappa shape index (κ1) is 11.5. The summed E-state index contributed by atoms with van der Waals surface area (Å²) < 4.78 is 0. The Morgan fingerprint density at radius 3 is 2.65 bits per heavy atom. The zero-order valence-electron chi connectivity index (χ0n) is 10.5. The van der Waals surface area contributed by atoms with Gasteiger partial charge in [-0.05, 0) is 49.9 Å². The van der Waals surface area contributed by atoms with Crippen LogP contribution in [0.1, 0.15) is 44.9 Å². The van der Waals surface area contributed by atoms with Crippen molar-refractivity contribution in [2.24, 2.45) is 29.4 Å². The molecule has 96 valence electrons. The summed E-state index contributed by atoms with van der Waals surface area (Å²) in [5.74, 6) is 2.71. The number of rotatable bonds is 3. The highest BCUT2D eigenvalue weighted by atomic mass is 16.1. The monoisotopic (exact) mass is 236 g/mol. The van der Waals surface area contributed by atoms with Crippen molar-refractivity contribution >= 4 is 5.91 Å². The number of hydrogen-bond donors (Lipinski definition) is 2. The molecule has 5 atom stereocenters. The summed E-state index contributed by atoms with van der Waals surface area (Å²) in [6.07, 6.45) is 8.66. The number of nitrogens with one attached hydrogen (secondary N) is 1. The fourth-order valence-corrected chi connectivity index (χ4v) is 4.25. The van der Waals surface area contributed by atoms with Gasteiger partial charge in [0, 0.05) is 18.5 Å². The van der Waals surface area contributed by atoms with E-state index < -0.39 is 0 Å². The maximum Gasteiger partial charge on any atom is 0.223 e. The van der Waals surface area contributed by atoms with Crippen molar-refractivity contribution in [2.45, 2.75) is 51.0 Å². The highest BCUT2D eigenvalue weighted by Crippen LogP contribution is 2.48. The van der Waals surface area contributed by atoms with Gasteiger partial charge in [-0.15, -0.1) is 0 Å². The third kappa shape index (κ3) is 2.22. The molecule has 0 aromatic rings. The van der Waals surface area contributed by atoms with E-state index in [1.54, 1.807) is 0 Å². The highest BCUT2D eigenvalue weighted by molar-refractivity contribution is 5.79. The molecule has 0 heterocycles. The highest BCUT2D eigenvalue weighted by Gasteiger charge is 2.43. The zero-order chi connectivity index (χ0) is 11.8. The Kier molecular flexibility index (Phi) is 3.12. The molecule has 5 unspecified atom stereocenters. The molecule has 0 saturated heterocycles. The van der Waals surface area contributed by atoms with Gasteiger partial charge in [0.25, 0.3) is 0 Å². The zero-order valence-corrected chi connectivity index (χ0v) is 10.5. The Morgan fingerprint density at radius 2 is 2.06 bits per heavy atom. The molecule has 3 aliphatic carbocycles. The van der Waals surface area contributed by atoms with Crippen molar-refractivity contribution in [3.8, 4) is 0 Å². The second-order valence-corrected chi connectivity index (χ2v) is 6.38. The lowest BCUT2D eigenvalue weighted by Gasteiger charge is -2.23. The van der Waals surface area contributed by atoms with E-state index in [0.717, 1.165) is 25.3 Å². The second-order valence-electron chi connectivity index (χ2n) is 6.38. The van der Waals surface area contributed by atoms with E-state index in [2.05, 4.69) is 5.32 Å². The minimum Gasteiger partial charge on any atom is -0.356 e. The smallest absolute Gasteiger partial charge is 0.223 e. The van der Waals surface area contributed by atoms with Gasteiger partial charge in [0.05, 0.1) is 0 Å². The van der Waals surface area contributed by atoms with E-state index in [0.29, 0.717) is 29.7 Å². The van der Waals surface area contributed by atoms with Crippen molar-refractivity contribution < 1.29 is 4.79 Å². The van der Waals surface area contributed by atoms with Crippen LogP contribution < -0.4 is 11.1 Å². The van der Waals surface area contributed by atoms with E-state index in [1.807, 2.05) is 0 Å². The molecule has 3 heteroatoms. The molecule has 0 aromatic carbocycles. The Balaban J connectivity index is 1.47. The van der Waals surface area contributed by atoms with Crippen molar-refractivity contribution in [1.82, 2.24) is 5.32 Å². The van der Waals surface area contributed by atoms with Gasteiger partial charge in [0.2, 0.25) is 5.91 Å². The molecule has 3 nitrogen and oxygen atoms in total. The second kappa shape index (κ2) is 4.60. The minimum absolute atomic E-state index is 0.315. The quantitative estimate of drug-likeness (QED) is 0.783.